The lowest BCUT2D eigenvalue weighted by atomic mass is 9.94. The van der Waals surface area contributed by atoms with Crippen molar-refractivity contribution in [1.29, 1.82) is 0 Å². The van der Waals surface area contributed by atoms with Crippen LogP contribution in [-0.4, -0.2) is 17.3 Å². The van der Waals surface area contributed by atoms with Gasteiger partial charge in [-0.1, -0.05) is 56.0 Å². The molecule has 18 heavy (non-hydrogen) atoms. The summed E-state index contributed by atoms with van der Waals surface area (Å²) in [7, 11) is 0. The number of hydrogen-bond acceptors (Lipinski definition) is 2. The summed E-state index contributed by atoms with van der Waals surface area (Å²) in [4.78, 5) is 0. The highest BCUT2D eigenvalue weighted by atomic mass is 16.3. The number of hydrogen-bond donors (Lipinski definition) is 2. The molecule has 1 aromatic rings. The molecule has 0 saturated heterocycles. The monoisotopic (exact) mass is 247 g/mol. The highest BCUT2D eigenvalue weighted by Gasteiger charge is 2.28. The number of rotatable bonds is 4. The van der Waals surface area contributed by atoms with Crippen molar-refractivity contribution in [2.24, 2.45) is 0 Å². The van der Waals surface area contributed by atoms with E-state index in [1.807, 2.05) is 6.07 Å². The quantitative estimate of drug-likeness (QED) is 0.799. The van der Waals surface area contributed by atoms with Crippen molar-refractivity contribution in [2.75, 3.05) is 6.54 Å². The molecule has 0 radical (unpaired) electrons. The van der Waals surface area contributed by atoms with Crippen molar-refractivity contribution in [2.45, 2.75) is 57.1 Å². The maximum Gasteiger partial charge on any atom is 0.0771 e. The zero-order valence-electron chi connectivity index (χ0n) is 11.4. The molecule has 2 N–H and O–H groups in total. The molecular weight excluding hydrogens is 222 g/mol. The molecule has 2 heteroatoms. The van der Waals surface area contributed by atoms with E-state index in [2.05, 4.69) is 36.5 Å². The predicted octanol–water partition coefficient (Wildman–Crippen LogP) is 3.42. The van der Waals surface area contributed by atoms with Crippen molar-refractivity contribution >= 4 is 0 Å². The standard InChI is InChI=1S/C16H25NO/c1-14(15-9-5-4-6-10-15)17-13-16(18)11-7-2-3-8-12-16/h4-6,9-10,14,17-18H,2-3,7-8,11-13H2,1H3/t14-/m1/s1. The minimum Gasteiger partial charge on any atom is -0.389 e. The molecule has 100 valence electrons. The van der Waals surface area contributed by atoms with E-state index in [1.165, 1.54) is 18.4 Å². The first-order chi connectivity index (χ1) is 8.70. The maximum atomic E-state index is 10.6. The fourth-order valence-corrected chi connectivity index (χ4v) is 2.77. The first-order valence-electron chi connectivity index (χ1n) is 7.20. The molecule has 1 aliphatic rings. The lowest BCUT2D eigenvalue weighted by molar-refractivity contribution is 0.0231. The van der Waals surface area contributed by atoms with E-state index in [4.69, 9.17) is 0 Å². The Labute approximate surface area is 110 Å². The highest BCUT2D eigenvalue weighted by Crippen LogP contribution is 2.27. The topological polar surface area (TPSA) is 32.3 Å². The van der Waals surface area contributed by atoms with Gasteiger partial charge in [0.1, 0.15) is 0 Å². The molecule has 0 aromatic heterocycles. The largest absolute Gasteiger partial charge is 0.389 e. The summed E-state index contributed by atoms with van der Waals surface area (Å²) in [6.07, 6.45) is 6.77. The zero-order valence-corrected chi connectivity index (χ0v) is 11.4. The van der Waals surface area contributed by atoms with E-state index >= 15 is 0 Å². The van der Waals surface area contributed by atoms with Crippen LogP contribution < -0.4 is 5.32 Å². The van der Waals surface area contributed by atoms with Gasteiger partial charge in [-0.05, 0) is 25.3 Å². The second kappa shape index (κ2) is 6.35. The van der Waals surface area contributed by atoms with Crippen molar-refractivity contribution in [3.05, 3.63) is 35.9 Å². The number of aliphatic hydroxyl groups is 1. The van der Waals surface area contributed by atoms with E-state index in [1.54, 1.807) is 0 Å². The second-order valence-electron chi connectivity index (χ2n) is 5.65. The van der Waals surface area contributed by atoms with Crippen LogP contribution in [0.4, 0.5) is 0 Å². The third-order valence-electron chi connectivity index (χ3n) is 4.07. The van der Waals surface area contributed by atoms with Crippen LogP contribution >= 0.6 is 0 Å². The van der Waals surface area contributed by atoms with Gasteiger partial charge >= 0.3 is 0 Å². The summed E-state index contributed by atoms with van der Waals surface area (Å²) in [5.41, 5.74) is 0.800. The second-order valence-corrected chi connectivity index (χ2v) is 5.65. The molecule has 0 aliphatic heterocycles. The molecule has 1 aromatic carbocycles. The summed E-state index contributed by atoms with van der Waals surface area (Å²) < 4.78 is 0. The zero-order chi connectivity index (χ0) is 12.8. The van der Waals surface area contributed by atoms with Crippen molar-refractivity contribution in [3.8, 4) is 0 Å². The molecule has 0 heterocycles. The van der Waals surface area contributed by atoms with Gasteiger partial charge in [0, 0.05) is 12.6 Å². The van der Waals surface area contributed by atoms with Crippen LogP contribution in [0.5, 0.6) is 0 Å². The molecule has 0 unspecified atom stereocenters. The molecule has 1 aliphatic carbocycles. The Bertz CT molecular complexity index is 341. The van der Waals surface area contributed by atoms with Gasteiger partial charge in [-0.15, -0.1) is 0 Å². The van der Waals surface area contributed by atoms with Gasteiger partial charge in [0.15, 0.2) is 0 Å². The molecule has 2 rings (SSSR count). The Hall–Kier alpha value is -0.860. The Morgan fingerprint density at radius 3 is 2.33 bits per heavy atom. The Morgan fingerprint density at radius 2 is 1.72 bits per heavy atom. The van der Waals surface area contributed by atoms with Crippen molar-refractivity contribution in [3.63, 3.8) is 0 Å². The maximum absolute atomic E-state index is 10.6. The Morgan fingerprint density at radius 1 is 1.11 bits per heavy atom. The predicted molar refractivity (Wildman–Crippen MR) is 75.5 cm³/mol. The van der Waals surface area contributed by atoms with Gasteiger partial charge in [0.25, 0.3) is 0 Å². The van der Waals surface area contributed by atoms with Gasteiger partial charge in [-0.3, -0.25) is 0 Å². The van der Waals surface area contributed by atoms with Crippen LogP contribution in [0.2, 0.25) is 0 Å². The molecule has 0 amide bonds. The molecule has 0 spiro atoms. The van der Waals surface area contributed by atoms with Gasteiger partial charge in [-0.2, -0.15) is 0 Å². The molecule has 1 saturated carbocycles. The van der Waals surface area contributed by atoms with E-state index < -0.39 is 5.60 Å². The molecule has 0 bridgehead atoms. The molecular formula is C16H25NO. The minimum absolute atomic E-state index is 0.304. The third kappa shape index (κ3) is 3.82. The average molecular weight is 247 g/mol. The van der Waals surface area contributed by atoms with Gasteiger partial charge in [-0.25, -0.2) is 0 Å². The minimum atomic E-state index is -0.487. The number of benzene rings is 1. The summed E-state index contributed by atoms with van der Waals surface area (Å²) >= 11 is 0. The molecule has 2 nitrogen and oxygen atoms in total. The summed E-state index contributed by atoms with van der Waals surface area (Å²) in [5.74, 6) is 0. The number of nitrogens with one attached hydrogen (secondary N) is 1. The van der Waals surface area contributed by atoms with Crippen LogP contribution in [0.1, 0.15) is 57.1 Å². The van der Waals surface area contributed by atoms with Crippen LogP contribution in [0, 0.1) is 0 Å². The highest BCUT2D eigenvalue weighted by molar-refractivity contribution is 5.18. The molecule has 1 fully saturated rings. The summed E-state index contributed by atoms with van der Waals surface area (Å²) in [6, 6.07) is 10.7. The lowest BCUT2D eigenvalue weighted by Crippen LogP contribution is -2.41. The molecule has 1 atom stereocenters. The fraction of sp³-hybridized carbons (Fsp3) is 0.625. The fourth-order valence-electron chi connectivity index (χ4n) is 2.77. The smallest absolute Gasteiger partial charge is 0.0771 e. The lowest BCUT2D eigenvalue weighted by Gasteiger charge is -2.29. The van der Waals surface area contributed by atoms with Gasteiger partial charge < -0.3 is 10.4 Å². The van der Waals surface area contributed by atoms with Gasteiger partial charge in [0.2, 0.25) is 0 Å². The van der Waals surface area contributed by atoms with Crippen LogP contribution in [-0.2, 0) is 0 Å². The van der Waals surface area contributed by atoms with E-state index in [0.717, 1.165) is 25.7 Å². The van der Waals surface area contributed by atoms with Crippen molar-refractivity contribution < 1.29 is 5.11 Å². The van der Waals surface area contributed by atoms with Crippen LogP contribution in [0.3, 0.4) is 0 Å². The van der Waals surface area contributed by atoms with Gasteiger partial charge in [0.05, 0.1) is 5.60 Å². The SMILES string of the molecule is C[C@@H](NCC1(O)CCCCCC1)c1ccccc1. The average Bonchev–Trinajstić information content (AvgIpc) is 2.62. The van der Waals surface area contributed by atoms with Crippen LogP contribution in [0.25, 0.3) is 0 Å². The van der Waals surface area contributed by atoms with E-state index in [9.17, 15) is 5.11 Å². The first kappa shape index (κ1) is 13.6. The third-order valence-corrected chi connectivity index (χ3v) is 4.07. The first-order valence-corrected chi connectivity index (χ1v) is 7.20. The Kier molecular flexibility index (Phi) is 4.79. The van der Waals surface area contributed by atoms with Crippen molar-refractivity contribution in [1.82, 2.24) is 5.32 Å². The van der Waals surface area contributed by atoms with E-state index in [-0.39, 0.29) is 0 Å². The van der Waals surface area contributed by atoms with Crippen LogP contribution in [0.15, 0.2) is 30.3 Å². The summed E-state index contributed by atoms with van der Waals surface area (Å²) in [6.45, 7) is 2.87. The van der Waals surface area contributed by atoms with E-state index in [0.29, 0.717) is 12.6 Å². The summed E-state index contributed by atoms with van der Waals surface area (Å²) in [5, 5.41) is 14.1. The Balaban J connectivity index is 1.86. The normalized spacial score (nSPS) is 21.2.